The van der Waals surface area contributed by atoms with Crippen LogP contribution in [-0.4, -0.2) is 22.2 Å². The molecule has 1 aromatic carbocycles. The maximum absolute atomic E-state index is 12.4. The van der Waals surface area contributed by atoms with Crippen molar-refractivity contribution in [3.63, 3.8) is 0 Å². The highest BCUT2D eigenvalue weighted by atomic mass is 32.2. The van der Waals surface area contributed by atoms with Crippen molar-refractivity contribution in [3.8, 4) is 0 Å². The quantitative estimate of drug-likeness (QED) is 0.628. The monoisotopic (exact) mass is 232 g/mol. The molecule has 0 radical (unpaired) electrons. The number of carbonyl (C=O) groups excluding carboxylic acids is 1. The standard InChI is InChI=1S/C14H16OS/c15-14-12-6-2-1-5-11(12)7-8-13(14)16-9-3-4-10-16/h1-2,5-6H,3-4,7-10H2. The fourth-order valence-corrected chi connectivity index (χ4v) is 5.21. The molecule has 1 nitrogen and oxygen atoms in total. The van der Waals surface area contributed by atoms with Crippen molar-refractivity contribution in [2.75, 3.05) is 11.5 Å². The number of ketones is 1. The zero-order valence-corrected chi connectivity index (χ0v) is 10.2. The van der Waals surface area contributed by atoms with E-state index < -0.39 is 0 Å². The number of aryl methyl sites for hydroxylation is 1. The van der Waals surface area contributed by atoms with Gasteiger partial charge in [0.05, 0.1) is 0 Å². The molecule has 0 bridgehead atoms. The lowest BCUT2D eigenvalue weighted by molar-refractivity contribution is 0.106. The van der Waals surface area contributed by atoms with Gasteiger partial charge in [0.25, 0.3) is 0 Å². The van der Waals surface area contributed by atoms with Crippen LogP contribution in [0.5, 0.6) is 0 Å². The second kappa shape index (κ2) is 4.17. The average Bonchev–Trinajstić information content (AvgIpc) is 2.83. The lowest BCUT2D eigenvalue weighted by atomic mass is 9.91. The van der Waals surface area contributed by atoms with Crippen LogP contribution in [0.1, 0.15) is 35.2 Å². The van der Waals surface area contributed by atoms with Crippen molar-refractivity contribution >= 4 is 21.1 Å². The molecule has 1 fully saturated rings. The van der Waals surface area contributed by atoms with Crippen LogP contribution in [0.25, 0.3) is 0 Å². The van der Waals surface area contributed by atoms with Crippen molar-refractivity contribution in [1.29, 1.82) is 0 Å². The third kappa shape index (κ3) is 1.65. The molecule has 1 aliphatic carbocycles. The first-order valence-electron chi connectivity index (χ1n) is 6.02. The average molecular weight is 232 g/mol. The number of rotatable bonds is 0. The van der Waals surface area contributed by atoms with E-state index >= 15 is 0 Å². The Balaban J connectivity index is 2.04. The summed E-state index contributed by atoms with van der Waals surface area (Å²) in [5.41, 5.74) is 2.22. The van der Waals surface area contributed by atoms with Crippen LogP contribution in [0.3, 0.4) is 0 Å². The van der Waals surface area contributed by atoms with Gasteiger partial charge in [-0.2, -0.15) is 10.5 Å². The highest BCUT2D eigenvalue weighted by Crippen LogP contribution is 2.32. The summed E-state index contributed by atoms with van der Waals surface area (Å²) in [4.78, 5) is 13.6. The van der Waals surface area contributed by atoms with Gasteiger partial charge in [-0.15, -0.1) is 0 Å². The first-order chi connectivity index (χ1) is 7.86. The number of benzene rings is 1. The molecule has 0 aromatic heterocycles. The van der Waals surface area contributed by atoms with Gasteiger partial charge in [0.15, 0.2) is 5.78 Å². The molecule has 0 saturated carbocycles. The van der Waals surface area contributed by atoms with Crippen LogP contribution in [0, 0.1) is 0 Å². The van der Waals surface area contributed by atoms with E-state index in [2.05, 4.69) is 6.07 Å². The molecule has 1 saturated heterocycles. The maximum Gasteiger partial charge on any atom is 0.194 e. The van der Waals surface area contributed by atoms with Crippen LogP contribution >= 0.6 is 10.5 Å². The summed E-state index contributed by atoms with van der Waals surface area (Å²) in [5, 5.41) is 0. The smallest absolute Gasteiger partial charge is 0.194 e. The summed E-state index contributed by atoms with van der Waals surface area (Å²) < 4.78 is 0. The summed E-state index contributed by atoms with van der Waals surface area (Å²) in [7, 11) is 0.316. The zero-order valence-electron chi connectivity index (χ0n) is 9.37. The van der Waals surface area contributed by atoms with Crippen LogP contribution < -0.4 is 0 Å². The number of hydrogen-bond acceptors (Lipinski definition) is 1. The highest BCUT2D eigenvalue weighted by Gasteiger charge is 2.24. The van der Waals surface area contributed by atoms with Crippen molar-refractivity contribution < 1.29 is 4.79 Å². The number of hydrogen-bond donors (Lipinski definition) is 0. The Hall–Kier alpha value is -0.890. The molecule has 0 spiro atoms. The minimum absolute atomic E-state index is 0.316. The summed E-state index contributed by atoms with van der Waals surface area (Å²) in [6.45, 7) is 0. The van der Waals surface area contributed by atoms with Gasteiger partial charge < -0.3 is 0 Å². The predicted octanol–water partition coefficient (Wildman–Crippen LogP) is 3.05. The number of fused-ring (bicyclic) bond motifs is 1. The molecule has 1 aliphatic heterocycles. The van der Waals surface area contributed by atoms with E-state index in [0.717, 1.165) is 18.4 Å². The topological polar surface area (TPSA) is 17.1 Å². The Morgan fingerprint density at radius 1 is 1.00 bits per heavy atom. The minimum atomic E-state index is 0.316. The van der Waals surface area contributed by atoms with Crippen LogP contribution in [-0.2, 0) is 6.42 Å². The van der Waals surface area contributed by atoms with Gasteiger partial charge in [-0.3, -0.25) is 4.79 Å². The van der Waals surface area contributed by atoms with Crippen molar-refractivity contribution in [2.45, 2.75) is 25.7 Å². The molecular weight excluding hydrogens is 216 g/mol. The summed E-state index contributed by atoms with van der Waals surface area (Å²) in [6, 6.07) is 8.12. The fourth-order valence-electron chi connectivity index (χ4n) is 2.65. The van der Waals surface area contributed by atoms with Gasteiger partial charge in [0.2, 0.25) is 0 Å². The van der Waals surface area contributed by atoms with Crippen LogP contribution in [0.15, 0.2) is 24.3 Å². The fraction of sp³-hybridized carbons (Fsp3) is 0.429. The molecule has 0 N–H and O–H groups in total. The Morgan fingerprint density at radius 3 is 2.56 bits per heavy atom. The predicted molar refractivity (Wildman–Crippen MR) is 70.7 cm³/mol. The first-order valence-corrected chi connectivity index (χ1v) is 7.58. The molecule has 0 atom stereocenters. The lowest BCUT2D eigenvalue weighted by Gasteiger charge is -2.19. The summed E-state index contributed by atoms with van der Waals surface area (Å²) in [5.74, 6) is 2.89. The van der Waals surface area contributed by atoms with Crippen LogP contribution in [0.2, 0.25) is 0 Å². The molecule has 0 unspecified atom stereocenters. The summed E-state index contributed by atoms with van der Waals surface area (Å²) in [6.07, 6.45) is 4.72. The van der Waals surface area contributed by atoms with Gasteiger partial charge in [0.1, 0.15) is 0 Å². The van der Waals surface area contributed by atoms with E-state index in [9.17, 15) is 4.79 Å². The Bertz CT molecular complexity index is 465. The van der Waals surface area contributed by atoms with E-state index in [0.29, 0.717) is 16.3 Å². The normalized spacial score (nSPS) is 21.2. The largest absolute Gasteiger partial charge is 0.288 e. The van der Waals surface area contributed by atoms with Gasteiger partial charge >= 0.3 is 0 Å². The second-order valence-electron chi connectivity index (χ2n) is 4.52. The molecule has 3 rings (SSSR count). The SMILES string of the molecule is O=C1C(=S2CCCC2)CCc2ccccc21. The molecule has 2 heteroatoms. The molecule has 1 aromatic rings. The zero-order chi connectivity index (χ0) is 11.0. The van der Waals surface area contributed by atoms with Gasteiger partial charge in [-0.25, -0.2) is 0 Å². The Labute approximate surface area is 98.8 Å². The number of carbonyl (C=O) groups is 1. The van der Waals surface area contributed by atoms with E-state index in [-0.39, 0.29) is 0 Å². The van der Waals surface area contributed by atoms with E-state index in [4.69, 9.17) is 0 Å². The Morgan fingerprint density at radius 2 is 1.75 bits per heavy atom. The van der Waals surface area contributed by atoms with Gasteiger partial charge in [0, 0.05) is 10.4 Å². The first kappa shape index (κ1) is 10.3. The highest BCUT2D eigenvalue weighted by molar-refractivity contribution is 8.17. The Kier molecular flexibility index (Phi) is 2.68. The van der Waals surface area contributed by atoms with Gasteiger partial charge in [-0.1, -0.05) is 24.3 Å². The van der Waals surface area contributed by atoms with Crippen molar-refractivity contribution in [3.05, 3.63) is 35.4 Å². The van der Waals surface area contributed by atoms with Crippen LogP contribution in [0.4, 0.5) is 0 Å². The molecular formula is C14H16OS. The maximum atomic E-state index is 12.4. The van der Waals surface area contributed by atoms with Crippen molar-refractivity contribution in [1.82, 2.24) is 0 Å². The minimum Gasteiger partial charge on any atom is -0.288 e. The number of Topliss-reactive ketones (excluding diaryl/α,β-unsaturated/α-hetero) is 1. The lowest BCUT2D eigenvalue weighted by Crippen LogP contribution is -2.22. The molecule has 0 amide bonds. The van der Waals surface area contributed by atoms with Gasteiger partial charge in [-0.05, 0) is 42.8 Å². The molecule has 1 heterocycles. The third-order valence-corrected chi connectivity index (χ3v) is 6.17. The van der Waals surface area contributed by atoms with E-state index in [1.54, 1.807) is 0 Å². The molecule has 84 valence electrons. The second-order valence-corrected chi connectivity index (χ2v) is 6.81. The molecule has 2 aliphatic rings. The van der Waals surface area contributed by atoms with E-state index in [1.165, 1.54) is 34.8 Å². The third-order valence-electron chi connectivity index (χ3n) is 3.52. The summed E-state index contributed by atoms with van der Waals surface area (Å²) >= 11 is 0. The van der Waals surface area contributed by atoms with Crippen molar-refractivity contribution in [2.24, 2.45) is 0 Å². The van der Waals surface area contributed by atoms with E-state index in [1.807, 2.05) is 18.2 Å². The molecule has 16 heavy (non-hydrogen) atoms.